The monoisotopic (exact) mass is 344 g/mol. The fourth-order valence-corrected chi connectivity index (χ4v) is 6.88. The van der Waals surface area contributed by atoms with Gasteiger partial charge in [-0.15, -0.1) is 0 Å². The molecule has 0 spiro atoms. The van der Waals surface area contributed by atoms with Crippen molar-refractivity contribution in [2.24, 2.45) is 0 Å². The molecule has 1 rings (SSSR count). The fourth-order valence-electron chi connectivity index (χ4n) is 1.57. The van der Waals surface area contributed by atoms with E-state index in [0.717, 1.165) is 0 Å². The predicted molar refractivity (Wildman–Crippen MR) is 94.7 cm³/mol. The summed E-state index contributed by atoms with van der Waals surface area (Å²) in [6.45, 7) is 10.2. The van der Waals surface area contributed by atoms with E-state index in [9.17, 15) is 8.42 Å². The summed E-state index contributed by atoms with van der Waals surface area (Å²) in [6, 6.07) is 6.81. The first-order valence-electron chi connectivity index (χ1n) is 6.77. The summed E-state index contributed by atoms with van der Waals surface area (Å²) in [5, 5.41) is 2.75. The molecule has 0 aliphatic heterocycles. The van der Waals surface area contributed by atoms with Crippen molar-refractivity contribution in [2.75, 3.05) is 7.05 Å². The zero-order chi connectivity index (χ0) is 16.5. The van der Waals surface area contributed by atoms with Gasteiger partial charge in [-0.2, -0.15) is 0 Å². The minimum absolute atomic E-state index is 0.0848. The molecule has 0 aliphatic rings. The average Bonchev–Trinajstić information content (AvgIpc) is 2.35. The Hall–Kier alpha value is -0.763. The highest BCUT2D eigenvalue weighted by molar-refractivity contribution is 7.91. The number of nitrogens with one attached hydrogen (secondary N) is 2. The van der Waals surface area contributed by atoms with Crippen LogP contribution in [0.2, 0.25) is 18.1 Å². The number of sulfonamides is 1. The van der Waals surface area contributed by atoms with E-state index in [2.05, 4.69) is 30.5 Å². The highest BCUT2D eigenvalue weighted by Gasteiger charge is 2.40. The van der Waals surface area contributed by atoms with Gasteiger partial charge in [0.1, 0.15) is 13.2 Å². The zero-order valence-electron chi connectivity index (χ0n) is 13.4. The van der Waals surface area contributed by atoms with Crippen molar-refractivity contribution >= 4 is 35.5 Å². The van der Waals surface area contributed by atoms with Gasteiger partial charge in [0.2, 0.25) is 10.0 Å². The van der Waals surface area contributed by atoms with Crippen LogP contribution in [0.5, 0.6) is 0 Å². The van der Waals surface area contributed by atoms with Crippen LogP contribution >= 0.6 is 12.2 Å². The van der Waals surface area contributed by atoms with Gasteiger partial charge in [0.05, 0.1) is 4.90 Å². The molecule has 0 heterocycles. The highest BCUT2D eigenvalue weighted by Crippen LogP contribution is 2.35. The average molecular weight is 345 g/mol. The summed E-state index contributed by atoms with van der Waals surface area (Å²) in [7, 11) is -4.11. The third-order valence-electron chi connectivity index (χ3n) is 3.91. The third kappa shape index (κ3) is 4.12. The maximum absolute atomic E-state index is 12.8. The minimum Gasteiger partial charge on any atom is -0.379 e. The van der Waals surface area contributed by atoms with Crippen LogP contribution in [0.1, 0.15) is 26.3 Å². The first-order valence-corrected chi connectivity index (χ1v) is 11.7. The van der Waals surface area contributed by atoms with Gasteiger partial charge >= 0.3 is 0 Å². The van der Waals surface area contributed by atoms with E-state index >= 15 is 0 Å². The van der Waals surface area contributed by atoms with Gasteiger partial charge in [0.25, 0.3) is 0 Å². The molecule has 2 N–H and O–H groups in total. The molecule has 21 heavy (non-hydrogen) atoms. The van der Waals surface area contributed by atoms with E-state index < -0.39 is 18.3 Å². The third-order valence-corrected chi connectivity index (χ3v) is 12.1. The standard InChI is InChI=1S/C14H24N2O2S2Si/c1-14(2,3)21(5,6)16-20(17,18)12-10-8-7-9-11(12)13(19)15-4/h7-10,16H,1-6H3,(H,15,19). The Morgan fingerprint density at radius 2 is 1.71 bits per heavy atom. The number of rotatable bonds is 4. The Morgan fingerprint density at radius 1 is 1.19 bits per heavy atom. The van der Waals surface area contributed by atoms with Gasteiger partial charge in [-0.3, -0.25) is 0 Å². The van der Waals surface area contributed by atoms with E-state index in [4.69, 9.17) is 12.2 Å². The molecule has 0 radical (unpaired) electrons. The predicted octanol–water partition coefficient (Wildman–Crippen LogP) is 2.87. The van der Waals surface area contributed by atoms with Gasteiger partial charge in [0.15, 0.2) is 0 Å². The Bertz CT molecular complexity index is 635. The topological polar surface area (TPSA) is 58.2 Å². The Morgan fingerprint density at radius 3 is 2.19 bits per heavy atom. The summed E-state index contributed by atoms with van der Waals surface area (Å²) in [4.78, 5) is 0.653. The lowest BCUT2D eigenvalue weighted by Gasteiger charge is -2.36. The number of hydrogen-bond acceptors (Lipinski definition) is 3. The van der Waals surface area contributed by atoms with E-state index in [-0.39, 0.29) is 9.93 Å². The molecule has 7 heteroatoms. The summed E-state index contributed by atoms with van der Waals surface area (Å²) < 4.78 is 28.5. The van der Waals surface area contributed by atoms with Crippen molar-refractivity contribution in [1.29, 1.82) is 0 Å². The first-order chi connectivity index (χ1) is 9.42. The van der Waals surface area contributed by atoms with Crippen molar-refractivity contribution < 1.29 is 8.42 Å². The quantitative estimate of drug-likeness (QED) is 0.651. The van der Waals surface area contributed by atoms with E-state index in [0.29, 0.717) is 10.6 Å². The zero-order valence-corrected chi connectivity index (χ0v) is 16.1. The summed E-state index contributed by atoms with van der Waals surface area (Å²) in [5.41, 5.74) is 0.529. The molecule has 0 bridgehead atoms. The van der Waals surface area contributed by atoms with E-state index in [1.807, 2.05) is 13.1 Å². The second-order valence-electron chi connectivity index (χ2n) is 6.56. The van der Waals surface area contributed by atoms with E-state index in [1.165, 1.54) is 0 Å². The van der Waals surface area contributed by atoms with Gasteiger partial charge in [-0.1, -0.05) is 64.3 Å². The molecule has 0 saturated carbocycles. The number of thiocarbonyl (C=S) groups is 1. The van der Waals surface area contributed by atoms with Crippen molar-refractivity contribution in [3.8, 4) is 0 Å². The molecule has 4 nitrogen and oxygen atoms in total. The Labute approximate surface area is 134 Å². The lowest BCUT2D eigenvalue weighted by Crippen LogP contribution is -2.54. The molecule has 118 valence electrons. The second kappa shape index (κ2) is 6.16. The van der Waals surface area contributed by atoms with Gasteiger partial charge < -0.3 is 5.32 Å². The molecule has 1 aromatic carbocycles. The lowest BCUT2D eigenvalue weighted by atomic mass is 10.2. The van der Waals surface area contributed by atoms with Gasteiger partial charge in [0, 0.05) is 12.6 Å². The van der Waals surface area contributed by atoms with Crippen LogP contribution in [0.25, 0.3) is 0 Å². The van der Waals surface area contributed by atoms with Crippen LogP contribution in [0, 0.1) is 0 Å². The molecule has 0 aliphatic carbocycles. The molecule has 0 unspecified atom stereocenters. The van der Waals surface area contributed by atoms with Crippen LogP contribution in [0.4, 0.5) is 0 Å². The highest BCUT2D eigenvalue weighted by atomic mass is 32.2. The van der Waals surface area contributed by atoms with Crippen LogP contribution in [0.3, 0.4) is 0 Å². The maximum atomic E-state index is 12.8. The van der Waals surface area contributed by atoms with Crippen LogP contribution in [0.15, 0.2) is 29.2 Å². The second-order valence-corrected chi connectivity index (χ2v) is 14.0. The van der Waals surface area contributed by atoms with Gasteiger partial charge in [-0.25, -0.2) is 12.8 Å². The summed E-state index contributed by atoms with van der Waals surface area (Å²) >= 11 is 5.20. The number of hydrogen-bond donors (Lipinski definition) is 2. The largest absolute Gasteiger partial charge is 0.379 e. The van der Waals surface area contributed by atoms with Crippen LogP contribution < -0.4 is 9.70 Å². The molecular weight excluding hydrogens is 320 g/mol. The SMILES string of the molecule is CNC(=S)c1ccccc1S(=O)(=O)N[Si](C)(C)C(C)(C)C. The van der Waals surface area contributed by atoms with Crippen molar-refractivity contribution in [2.45, 2.75) is 43.8 Å². The maximum Gasteiger partial charge on any atom is 0.235 e. The molecule has 0 aromatic heterocycles. The smallest absolute Gasteiger partial charge is 0.235 e. The van der Waals surface area contributed by atoms with Crippen LogP contribution in [-0.2, 0) is 10.0 Å². The molecule has 0 amide bonds. The molecule has 0 fully saturated rings. The van der Waals surface area contributed by atoms with Gasteiger partial charge in [-0.05, 0) is 11.1 Å². The number of benzene rings is 1. The van der Waals surface area contributed by atoms with E-state index in [1.54, 1.807) is 31.3 Å². The van der Waals surface area contributed by atoms with Crippen LogP contribution in [-0.4, -0.2) is 28.7 Å². The van der Waals surface area contributed by atoms with Crippen molar-refractivity contribution in [3.63, 3.8) is 0 Å². The fraction of sp³-hybridized carbons (Fsp3) is 0.500. The lowest BCUT2D eigenvalue weighted by molar-refractivity contribution is 0.589. The summed E-state index contributed by atoms with van der Waals surface area (Å²) in [6.07, 6.45) is 0. The molecule has 0 saturated heterocycles. The van der Waals surface area contributed by atoms with Crippen molar-refractivity contribution in [3.05, 3.63) is 29.8 Å². The normalized spacial score (nSPS) is 13.0. The Balaban J connectivity index is 3.31. The van der Waals surface area contributed by atoms with Crippen molar-refractivity contribution in [1.82, 2.24) is 9.70 Å². The molecule has 1 aromatic rings. The minimum atomic E-state index is -3.60. The first kappa shape index (κ1) is 18.3. The Kier molecular flexibility index (Phi) is 5.36. The summed E-state index contributed by atoms with van der Waals surface area (Å²) in [5.74, 6) is 0. The molecular formula is C14H24N2O2S2Si. The molecule has 0 atom stereocenters.